The predicted molar refractivity (Wildman–Crippen MR) is 100 cm³/mol. The van der Waals surface area contributed by atoms with Crippen molar-refractivity contribution in [2.45, 2.75) is 24.7 Å². The molecule has 1 N–H and O–H groups in total. The summed E-state index contributed by atoms with van der Waals surface area (Å²) in [5.74, 6) is 0.389. The van der Waals surface area contributed by atoms with Gasteiger partial charge in [-0.2, -0.15) is 0 Å². The van der Waals surface area contributed by atoms with Gasteiger partial charge in [0, 0.05) is 18.7 Å². The summed E-state index contributed by atoms with van der Waals surface area (Å²) in [4.78, 5) is 14.3. The molecule has 26 heavy (non-hydrogen) atoms. The normalized spacial score (nSPS) is 14.3. The van der Waals surface area contributed by atoms with E-state index in [1.165, 1.54) is 19.2 Å². The van der Waals surface area contributed by atoms with Gasteiger partial charge in [-0.15, -0.1) is 0 Å². The maximum atomic E-state index is 12.7. The van der Waals surface area contributed by atoms with Crippen LogP contribution in [0.15, 0.2) is 47.4 Å². The van der Waals surface area contributed by atoms with Crippen LogP contribution in [0.25, 0.3) is 0 Å². The molecule has 2 aromatic rings. The van der Waals surface area contributed by atoms with Crippen molar-refractivity contribution in [1.82, 2.24) is 4.90 Å². The van der Waals surface area contributed by atoms with Gasteiger partial charge in [-0.05, 0) is 61.7 Å². The largest absolute Gasteiger partial charge is 0.495 e. The number of nitrogens with zero attached hydrogens (tertiary/aromatic N) is 1. The quantitative estimate of drug-likeness (QED) is 0.873. The van der Waals surface area contributed by atoms with E-state index in [1.54, 1.807) is 29.2 Å². The van der Waals surface area contributed by atoms with Crippen molar-refractivity contribution in [3.63, 3.8) is 0 Å². The predicted octanol–water partition coefficient (Wildman–Crippen LogP) is 3.04. The molecule has 0 aromatic heterocycles. The number of likely N-dealkylation sites (tertiary alicyclic amines) is 1. The molecule has 1 saturated heterocycles. The molecule has 0 aliphatic carbocycles. The number of anilines is 1. The van der Waals surface area contributed by atoms with Gasteiger partial charge < -0.3 is 9.64 Å². The number of methoxy groups -OCH3 is 1. The van der Waals surface area contributed by atoms with Crippen LogP contribution in [0, 0.1) is 6.92 Å². The minimum absolute atomic E-state index is 0.0558. The summed E-state index contributed by atoms with van der Waals surface area (Å²) in [5, 5.41) is 0. The summed E-state index contributed by atoms with van der Waals surface area (Å²) >= 11 is 0. The lowest BCUT2D eigenvalue weighted by Crippen LogP contribution is -2.27. The standard InChI is InChI=1S/C19H22N2O4S/c1-14-5-10-18(25-2)17(13-14)20-26(23,24)16-8-6-15(7-9-16)19(22)21-11-3-4-12-21/h5-10,13,20H,3-4,11-12H2,1-2H3. The van der Waals surface area contributed by atoms with Gasteiger partial charge in [-0.25, -0.2) is 8.42 Å². The highest BCUT2D eigenvalue weighted by Gasteiger charge is 2.21. The molecule has 0 saturated carbocycles. The molecule has 3 rings (SSSR count). The molecule has 138 valence electrons. The van der Waals surface area contributed by atoms with Crippen LogP contribution < -0.4 is 9.46 Å². The minimum atomic E-state index is -3.78. The third-order valence-corrected chi connectivity index (χ3v) is 5.79. The number of carbonyl (C=O) groups is 1. The molecule has 2 aromatic carbocycles. The second-order valence-electron chi connectivity index (χ2n) is 6.33. The van der Waals surface area contributed by atoms with Gasteiger partial charge in [0.2, 0.25) is 0 Å². The molecule has 1 aliphatic heterocycles. The van der Waals surface area contributed by atoms with Gasteiger partial charge in [0.1, 0.15) is 5.75 Å². The number of nitrogens with one attached hydrogen (secondary N) is 1. The number of hydrogen-bond acceptors (Lipinski definition) is 4. The number of sulfonamides is 1. The smallest absolute Gasteiger partial charge is 0.262 e. The third-order valence-electron chi connectivity index (χ3n) is 4.40. The van der Waals surface area contributed by atoms with Crippen molar-refractivity contribution in [2.24, 2.45) is 0 Å². The van der Waals surface area contributed by atoms with E-state index in [4.69, 9.17) is 4.74 Å². The molecule has 0 unspecified atom stereocenters. The number of amides is 1. The molecule has 1 amide bonds. The second kappa shape index (κ2) is 7.37. The zero-order valence-corrected chi connectivity index (χ0v) is 15.7. The Labute approximate surface area is 153 Å². The Hall–Kier alpha value is -2.54. The van der Waals surface area contributed by atoms with Crippen molar-refractivity contribution in [2.75, 3.05) is 24.9 Å². The molecule has 6 nitrogen and oxygen atoms in total. The van der Waals surface area contributed by atoms with Gasteiger partial charge in [-0.1, -0.05) is 6.07 Å². The molecule has 1 aliphatic rings. The molecule has 0 spiro atoms. The Bertz CT molecular complexity index is 902. The van der Waals surface area contributed by atoms with Crippen molar-refractivity contribution < 1.29 is 17.9 Å². The van der Waals surface area contributed by atoms with Crippen LogP contribution >= 0.6 is 0 Å². The Kier molecular flexibility index (Phi) is 5.18. The first-order valence-electron chi connectivity index (χ1n) is 8.47. The average molecular weight is 374 g/mol. The monoisotopic (exact) mass is 374 g/mol. The molecule has 7 heteroatoms. The van der Waals surface area contributed by atoms with E-state index in [-0.39, 0.29) is 10.8 Å². The fraction of sp³-hybridized carbons (Fsp3) is 0.316. The SMILES string of the molecule is COc1ccc(C)cc1NS(=O)(=O)c1ccc(C(=O)N2CCCC2)cc1. The van der Waals surface area contributed by atoms with E-state index in [2.05, 4.69) is 4.72 Å². The molecule has 0 atom stereocenters. The third kappa shape index (κ3) is 3.83. The van der Waals surface area contributed by atoms with Gasteiger partial charge >= 0.3 is 0 Å². The molecule has 0 radical (unpaired) electrons. The Balaban J connectivity index is 1.81. The minimum Gasteiger partial charge on any atom is -0.495 e. The van der Waals surface area contributed by atoms with Crippen LogP contribution in [0.4, 0.5) is 5.69 Å². The van der Waals surface area contributed by atoms with Crippen LogP contribution in [0.3, 0.4) is 0 Å². The topological polar surface area (TPSA) is 75.7 Å². The van der Waals surface area contributed by atoms with E-state index in [1.807, 2.05) is 13.0 Å². The molecule has 1 fully saturated rings. The zero-order chi connectivity index (χ0) is 18.7. The van der Waals surface area contributed by atoms with Gasteiger partial charge in [0.25, 0.3) is 15.9 Å². The summed E-state index contributed by atoms with van der Waals surface area (Å²) in [6.07, 6.45) is 2.03. The van der Waals surface area contributed by atoms with E-state index in [0.717, 1.165) is 31.5 Å². The molecular formula is C19H22N2O4S. The summed E-state index contributed by atoms with van der Waals surface area (Å²) in [6.45, 7) is 3.39. The maximum absolute atomic E-state index is 12.7. The van der Waals surface area contributed by atoms with Crippen molar-refractivity contribution in [1.29, 1.82) is 0 Å². The fourth-order valence-corrected chi connectivity index (χ4v) is 4.05. The van der Waals surface area contributed by atoms with Crippen LogP contribution in [0.5, 0.6) is 5.75 Å². The number of benzene rings is 2. The van der Waals surface area contributed by atoms with Crippen LogP contribution in [0.1, 0.15) is 28.8 Å². The first-order valence-corrected chi connectivity index (χ1v) is 9.96. The molecular weight excluding hydrogens is 352 g/mol. The number of hydrogen-bond donors (Lipinski definition) is 1. The summed E-state index contributed by atoms with van der Waals surface area (Å²) in [6, 6.07) is 11.3. The van der Waals surface area contributed by atoms with E-state index < -0.39 is 10.0 Å². The van der Waals surface area contributed by atoms with Gasteiger partial charge in [0.15, 0.2) is 0 Å². The first-order chi connectivity index (χ1) is 12.4. The van der Waals surface area contributed by atoms with Crippen molar-refractivity contribution >= 4 is 21.6 Å². The van der Waals surface area contributed by atoms with Crippen LogP contribution in [-0.2, 0) is 10.0 Å². The van der Waals surface area contributed by atoms with Crippen molar-refractivity contribution in [3.8, 4) is 5.75 Å². The summed E-state index contributed by atoms with van der Waals surface area (Å²) in [7, 11) is -2.29. The van der Waals surface area contributed by atoms with Gasteiger partial charge in [-0.3, -0.25) is 9.52 Å². The summed E-state index contributed by atoms with van der Waals surface area (Å²) in [5.41, 5.74) is 1.79. The number of aryl methyl sites for hydroxylation is 1. The highest BCUT2D eigenvalue weighted by Crippen LogP contribution is 2.28. The molecule has 1 heterocycles. The first kappa shape index (κ1) is 18.3. The number of ether oxygens (including phenoxy) is 1. The highest BCUT2D eigenvalue weighted by molar-refractivity contribution is 7.92. The van der Waals surface area contributed by atoms with Crippen LogP contribution in [-0.4, -0.2) is 39.4 Å². The average Bonchev–Trinajstić information content (AvgIpc) is 3.16. The Morgan fingerprint density at radius 3 is 2.35 bits per heavy atom. The van der Waals surface area contributed by atoms with Crippen molar-refractivity contribution in [3.05, 3.63) is 53.6 Å². The zero-order valence-electron chi connectivity index (χ0n) is 14.9. The highest BCUT2D eigenvalue weighted by atomic mass is 32.2. The van der Waals surface area contributed by atoms with E-state index in [0.29, 0.717) is 17.0 Å². The lowest BCUT2D eigenvalue weighted by atomic mass is 10.2. The van der Waals surface area contributed by atoms with E-state index >= 15 is 0 Å². The number of rotatable bonds is 5. The Morgan fingerprint density at radius 2 is 1.73 bits per heavy atom. The second-order valence-corrected chi connectivity index (χ2v) is 8.02. The number of carbonyl (C=O) groups excluding carboxylic acids is 1. The van der Waals surface area contributed by atoms with Crippen LogP contribution in [0.2, 0.25) is 0 Å². The molecule has 0 bridgehead atoms. The Morgan fingerprint density at radius 1 is 1.08 bits per heavy atom. The lowest BCUT2D eigenvalue weighted by Gasteiger charge is -2.16. The maximum Gasteiger partial charge on any atom is 0.262 e. The van der Waals surface area contributed by atoms with Gasteiger partial charge in [0.05, 0.1) is 17.7 Å². The fourth-order valence-electron chi connectivity index (χ4n) is 2.98. The van der Waals surface area contributed by atoms with E-state index in [9.17, 15) is 13.2 Å². The lowest BCUT2D eigenvalue weighted by molar-refractivity contribution is 0.0792. The summed E-state index contributed by atoms with van der Waals surface area (Å²) < 4.78 is 33.1.